The minimum Gasteiger partial charge on any atom is -0.487 e. The lowest BCUT2D eigenvalue weighted by Crippen LogP contribution is -2.40. The summed E-state index contributed by atoms with van der Waals surface area (Å²) in [5, 5.41) is 9.32. The van der Waals surface area contributed by atoms with Gasteiger partial charge in [-0.25, -0.2) is 4.98 Å². The van der Waals surface area contributed by atoms with Gasteiger partial charge in [-0.05, 0) is 62.9 Å². The molecule has 1 aliphatic heterocycles. The molecule has 2 heterocycles. The summed E-state index contributed by atoms with van der Waals surface area (Å²) >= 11 is 0. The quantitative estimate of drug-likeness (QED) is 0.785. The molecule has 152 valence electrons. The molecule has 5 nitrogen and oxygen atoms in total. The van der Waals surface area contributed by atoms with Gasteiger partial charge in [-0.3, -0.25) is 9.69 Å². The van der Waals surface area contributed by atoms with Crippen LogP contribution < -0.4 is 4.74 Å². The molecule has 2 atom stereocenters. The van der Waals surface area contributed by atoms with E-state index in [0.29, 0.717) is 12.3 Å². The summed E-state index contributed by atoms with van der Waals surface area (Å²) < 4.78 is 5.77. The highest BCUT2D eigenvalue weighted by atomic mass is 16.5. The van der Waals surface area contributed by atoms with Crippen LogP contribution >= 0.6 is 0 Å². The van der Waals surface area contributed by atoms with Crippen molar-refractivity contribution in [3.8, 4) is 5.75 Å². The largest absolute Gasteiger partial charge is 0.487 e. The predicted octanol–water partition coefficient (Wildman–Crippen LogP) is 4.15. The van der Waals surface area contributed by atoms with Crippen LogP contribution in [0.4, 0.5) is 0 Å². The molecule has 1 aromatic heterocycles. The van der Waals surface area contributed by atoms with Crippen molar-refractivity contribution < 1.29 is 14.6 Å². The topological polar surface area (TPSA) is 62.7 Å². The lowest BCUT2D eigenvalue weighted by atomic mass is 9.95. The number of piperidine rings is 1. The number of benzene rings is 1. The van der Waals surface area contributed by atoms with Crippen LogP contribution in [-0.2, 0) is 6.61 Å². The molecule has 3 rings (SSSR count). The van der Waals surface area contributed by atoms with Gasteiger partial charge in [0.1, 0.15) is 24.3 Å². The first-order valence-corrected chi connectivity index (χ1v) is 9.93. The fraction of sp³-hybridized carbons (Fsp3) is 0.478. The number of likely N-dealkylation sites (tertiary alicyclic amines) is 1. The molecule has 0 amide bonds. The van der Waals surface area contributed by atoms with Gasteiger partial charge in [0.2, 0.25) is 0 Å². The van der Waals surface area contributed by atoms with Crippen LogP contribution in [-0.4, -0.2) is 41.1 Å². The Morgan fingerprint density at radius 1 is 1.18 bits per heavy atom. The monoisotopic (exact) mass is 384 g/mol. The van der Waals surface area contributed by atoms with E-state index in [2.05, 4.69) is 11.9 Å². The lowest BCUT2D eigenvalue weighted by Gasteiger charge is -2.33. The Morgan fingerprint density at radius 3 is 2.46 bits per heavy atom. The van der Waals surface area contributed by atoms with E-state index in [-0.39, 0.29) is 6.23 Å². The van der Waals surface area contributed by atoms with Crippen LogP contribution in [0.3, 0.4) is 0 Å². The van der Waals surface area contributed by atoms with Crippen molar-refractivity contribution in [2.24, 2.45) is 5.92 Å². The average Bonchev–Trinajstić information content (AvgIpc) is 2.70. The van der Waals surface area contributed by atoms with Crippen molar-refractivity contribution in [3.05, 3.63) is 58.9 Å². The number of aliphatic hydroxyl groups excluding tert-OH is 1. The number of hydrogen-bond acceptors (Lipinski definition) is 5. The van der Waals surface area contributed by atoms with Crippen LogP contribution in [0.15, 0.2) is 36.4 Å². The van der Waals surface area contributed by atoms with E-state index in [1.54, 1.807) is 12.1 Å². The fourth-order valence-corrected chi connectivity index (χ4v) is 3.38. The Morgan fingerprint density at radius 2 is 1.86 bits per heavy atom. The number of aliphatic hydroxyl groups is 1. The summed E-state index contributed by atoms with van der Waals surface area (Å²) in [6.07, 6.45) is 3.96. The molecule has 0 saturated carbocycles. The van der Waals surface area contributed by atoms with Crippen molar-refractivity contribution in [1.29, 1.82) is 0 Å². The van der Waals surface area contributed by atoms with Gasteiger partial charge in [-0.15, -0.1) is 0 Å². The number of nitrogens with zero attached hydrogens (tertiary/aromatic N) is 2. The Hall–Kier alpha value is -2.24. The molecule has 0 spiro atoms. The minimum absolute atomic E-state index is 0.178. The normalized spacial score (nSPS) is 19.5. The second-order valence-electron chi connectivity index (χ2n) is 7.45. The molecule has 2 unspecified atom stereocenters. The number of aryl methyl sites for hydroxylation is 2. The molecular weight excluding hydrogens is 352 g/mol. The van der Waals surface area contributed by atoms with Crippen molar-refractivity contribution >= 4 is 6.29 Å². The Bertz CT molecular complexity index is 743. The molecule has 5 heteroatoms. The molecule has 2 aromatic rings. The molecular formula is C23H32N2O3. The fourth-order valence-electron chi connectivity index (χ4n) is 3.38. The molecule has 1 aromatic carbocycles. The smallest absolute Gasteiger partial charge is 0.168 e. The molecule has 0 bridgehead atoms. The van der Waals surface area contributed by atoms with Gasteiger partial charge in [-0.2, -0.15) is 0 Å². The zero-order valence-corrected chi connectivity index (χ0v) is 17.4. The Labute approximate surface area is 168 Å². The van der Waals surface area contributed by atoms with Crippen LogP contribution in [0.25, 0.3) is 0 Å². The van der Waals surface area contributed by atoms with Crippen LogP contribution in [0.1, 0.15) is 53.5 Å². The molecule has 1 saturated heterocycles. The third-order valence-corrected chi connectivity index (χ3v) is 5.19. The summed E-state index contributed by atoms with van der Waals surface area (Å²) in [5.74, 6) is 1.70. The number of carbonyl (C=O) groups is 1. The molecule has 28 heavy (non-hydrogen) atoms. The van der Waals surface area contributed by atoms with E-state index in [1.165, 1.54) is 12.8 Å². The maximum absolute atomic E-state index is 10.6. The van der Waals surface area contributed by atoms with Crippen molar-refractivity contribution in [2.45, 2.75) is 52.9 Å². The summed E-state index contributed by atoms with van der Waals surface area (Å²) in [4.78, 5) is 16.8. The van der Waals surface area contributed by atoms with E-state index >= 15 is 0 Å². The Kier molecular flexibility index (Phi) is 8.61. The average molecular weight is 385 g/mol. The maximum atomic E-state index is 10.6. The highest BCUT2D eigenvalue weighted by molar-refractivity contribution is 5.71. The number of hydrogen-bond donors (Lipinski definition) is 1. The van der Waals surface area contributed by atoms with Crippen molar-refractivity contribution in [2.75, 3.05) is 13.6 Å². The van der Waals surface area contributed by atoms with E-state index in [9.17, 15) is 9.90 Å². The van der Waals surface area contributed by atoms with Gasteiger partial charge < -0.3 is 9.84 Å². The standard InChI is InChI=1S/C15H15NO2.C8H17NO/c1-11-5-3-6-12(2)15(11)18-10-14-8-4-7-13(9-17)16-14;1-3-7-4-5-8(10)9(2)6-7/h3-9H,10H2,1-2H3;7-8,10H,3-6H2,1-2H3. The van der Waals surface area contributed by atoms with Crippen LogP contribution in [0, 0.1) is 19.8 Å². The van der Waals surface area contributed by atoms with Gasteiger partial charge in [-0.1, -0.05) is 37.6 Å². The minimum atomic E-state index is -0.178. The summed E-state index contributed by atoms with van der Waals surface area (Å²) in [6, 6.07) is 11.4. The first-order valence-electron chi connectivity index (χ1n) is 9.93. The number of aromatic nitrogens is 1. The Balaban J connectivity index is 0.000000237. The van der Waals surface area contributed by atoms with E-state index in [4.69, 9.17) is 4.74 Å². The van der Waals surface area contributed by atoms with Gasteiger partial charge >= 0.3 is 0 Å². The number of aldehydes is 1. The predicted molar refractivity (Wildman–Crippen MR) is 112 cm³/mol. The third kappa shape index (κ3) is 6.43. The van der Waals surface area contributed by atoms with Crippen molar-refractivity contribution in [1.82, 2.24) is 9.88 Å². The van der Waals surface area contributed by atoms with Gasteiger partial charge in [0.25, 0.3) is 0 Å². The van der Waals surface area contributed by atoms with Crippen LogP contribution in [0.5, 0.6) is 5.75 Å². The van der Waals surface area contributed by atoms with Gasteiger partial charge in [0.15, 0.2) is 6.29 Å². The molecule has 1 N–H and O–H groups in total. The summed E-state index contributed by atoms with van der Waals surface area (Å²) in [5.41, 5.74) is 3.38. The summed E-state index contributed by atoms with van der Waals surface area (Å²) in [6.45, 7) is 7.68. The lowest BCUT2D eigenvalue weighted by molar-refractivity contribution is -0.0248. The van der Waals surface area contributed by atoms with Crippen molar-refractivity contribution in [3.63, 3.8) is 0 Å². The number of rotatable bonds is 5. The molecule has 1 aliphatic rings. The summed E-state index contributed by atoms with van der Waals surface area (Å²) in [7, 11) is 1.99. The van der Waals surface area contributed by atoms with E-state index in [1.807, 2.05) is 50.1 Å². The van der Waals surface area contributed by atoms with Gasteiger partial charge in [0.05, 0.1) is 5.69 Å². The van der Waals surface area contributed by atoms with Gasteiger partial charge in [0, 0.05) is 6.54 Å². The highest BCUT2D eigenvalue weighted by Crippen LogP contribution is 2.23. The number of ether oxygens (including phenoxy) is 1. The second kappa shape index (κ2) is 10.9. The van der Waals surface area contributed by atoms with E-state index < -0.39 is 0 Å². The highest BCUT2D eigenvalue weighted by Gasteiger charge is 2.21. The third-order valence-electron chi connectivity index (χ3n) is 5.19. The first-order chi connectivity index (χ1) is 13.4. The number of para-hydroxylation sites is 1. The van der Waals surface area contributed by atoms with E-state index in [0.717, 1.165) is 47.7 Å². The molecule has 1 fully saturated rings. The van der Waals surface area contributed by atoms with Crippen LogP contribution in [0.2, 0.25) is 0 Å². The molecule has 0 aliphatic carbocycles. The zero-order chi connectivity index (χ0) is 20.5. The second-order valence-corrected chi connectivity index (χ2v) is 7.45. The maximum Gasteiger partial charge on any atom is 0.168 e. The number of carbonyl (C=O) groups excluding carboxylic acids is 1. The molecule has 0 radical (unpaired) electrons. The first kappa shape index (κ1) is 22.1. The SMILES string of the molecule is CCC1CCC(O)N(C)C1.Cc1cccc(C)c1OCc1cccc(C=O)n1. The number of pyridine rings is 1. The zero-order valence-electron chi connectivity index (χ0n) is 17.4.